The number of hydrogen-bond acceptors (Lipinski definition) is 6. The molecular weight excluding hydrogens is 853 g/mol. The van der Waals surface area contributed by atoms with Gasteiger partial charge < -0.3 is 14.2 Å². The molecule has 6 nitrogen and oxygen atoms in total. The fourth-order valence-corrected chi connectivity index (χ4v) is 9.81. The number of ether oxygens (including phenoxy) is 3. The van der Waals surface area contributed by atoms with Gasteiger partial charge in [-0.05, 0) is 25.2 Å². The standard InChI is InChI=1S/C63H122O6/c1-5-7-9-11-13-15-17-19-21-23-25-27-29-31-35-39-43-47-51-55-62(65)68-58-60(69-63(66)56-52-48-44-40-36-32-33-37-41-45-49-53-59(3)4)57-67-61(64)54-50-46-42-38-34-30-28-26-24-22-20-18-16-14-12-10-8-6-2/h59-60H,5-58H2,1-4H3/t60-/m0/s1. The molecule has 0 aliphatic heterocycles. The number of carbonyl (C=O) groups is 3. The summed E-state index contributed by atoms with van der Waals surface area (Å²) in [4.78, 5) is 38.3. The van der Waals surface area contributed by atoms with Crippen LogP contribution in [-0.2, 0) is 28.6 Å². The van der Waals surface area contributed by atoms with Crippen molar-refractivity contribution in [3.8, 4) is 0 Å². The van der Waals surface area contributed by atoms with Crippen molar-refractivity contribution in [2.24, 2.45) is 5.92 Å². The monoisotopic (exact) mass is 975 g/mol. The van der Waals surface area contributed by atoms with Crippen LogP contribution in [0.25, 0.3) is 0 Å². The summed E-state index contributed by atoms with van der Waals surface area (Å²) in [5.74, 6) is -0.00571. The van der Waals surface area contributed by atoms with Crippen molar-refractivity contribution in [2.45, 2.75) is 368 Å². The van der Waals surface area contributed by atoms with E-state index in [-0.39, 0.29) is 31.1 Å². The quantitative estimate of drug-likeness (QED) is 0.0343. The van der Waals surface area contributed by atoms with Crippen LogP contribution in [0.15, 0.2) is 0 Å². The second kappa shape index (κ2) is 57.3. The van der Waals surface area contributed by atoms with Crippen molar-refractivity contribution < 1.29 is 28.6 Å². The van der Waals surface area contributed by atoms with Crippen LogP contribution in [-0.4, -0.2) is 37.2 Å². The first-order chi connectivity index (χ1) is 33.9. The van der Waals surface area contributed by atoms with Crippen LogP contribution in [0.2, 0.25) is 0 Å². The van der Waals surface area contributed by atoms with Crippen molar-refractivity contribution in [2.75, 3.05) is 13.2 Å². The molecule has 0 unspecified atom stereocenters. The minimum absolute atomic E-state index is 0.0616. The maximum atomic E-state index is 12.9. The largest absolute Gasteiger partial charge is 0.462 e. The van der Waals surface area contributed by atoms with Crippen LogP contribution < -0.4 is 0 Å². The Morgan fingerprint density at radius 2 is 0.478 bits per heavy atom. The van der Waals surface area contributed by atoms with Crippen LogP contribution in [0.3, 0.4) is 0 Å². The minimum Gasteiger partial charge on any atom is -0.462 e. The Bertz CT molecular complexity index is 1040. The maximum absolute atomic E-state index is 12.9. The molecule has 1 atom stereocenters. The van der Waals surface area contributed by atoms with Crippen molar-refractivity contribution in [3.63, 3.8) is 0 Å². The highest BCUT2D eigenvalue weighted by atomic mass is 16.6. The summed E-state index contributed by atoms with van der Waals surface area (Å²) in [6.45, 7) is 9.07. The van der Waals surface area contributed by atoms with E-state index >= 15 is 0 Å². The van der Waals surface area contributed by atoms with Crippen LogP contribution in [0.4, 0.5) is 0 Å². The molecule has 0 saturated heterocycles. The highest BCUT2D eigenvalue weighted by Crippen LogP contribution is 2.19. The fraction of sp³-hybridized carbons (Fsp3) is 0.952. The molecule has 0 amide bonds. The number of carbonyl (C=O) groups excluding carboxylic acids is 3. The Kier molecular flexibility index (Phi) is 56.0. The molecule has 0 aliphatic rings. The highest BCUT2D eigenvalue weighted by Gasteiger charge is 2.19. The minimum atomic E-state index is -0.763. The number of esters is 3. The van der Waals surface area contributed by atoms with Gasteiger partial charge in [-0.2, -0.15) is 0 Å². The van der Waals surface area contributed by atoms with E-state index in [2.05, 4.69) is 27.7 Å². The number of hydrogen-bond donors (Lipinski definition) is 0. The molecule has 0 rings (SSSR count). The van der Waals surface area contributed by atoms with E-state index in [9.17, 15) is 14.4 Å². The van der Waals surface area contributed by atoms with Crippen LogP contribution >= 0.6 is 0 Å². The first-order valence-electron chi connectivity index (χ1n) is 31.4. The lowest BCUT2D eigenvalue weighted by Gasteiger charge is -2.18. The van der Waals surface area contributed by atoms with E-state index in [1.165, 1.54) is 257 Å². The van der Waals surface area contributed by atoms with E-state index < -0.39 is 6.10 Å². The van der Waals surface area contributed by atoms with E-state index in [1.807, 2.05) is 0 Å². The summed E-state index contributed by atoms with van der Waals surface area (Å²) in [6, 6.07) is 0. The molecule has 410 valence electrons. The molecule has 0 bridgehead atoms. The van der Waals surface area contributed by atoms with Crippen molar-refractivity contribution in [3.05, 3.63) is 0 Å². The van der Waals surface area contributed by atoms with E-state index in [0.717, 1.165) is 63.7 Å². The van der Waals surface area contributed by atoms with Gasteiger partial charge in [-0.3, -0.25) is 14.4 Å². The van der Waals surface area contributed by atoms with Gasteiger partial charge in [0.05, 0.1) is 0 Å². The smallest absolute Gasteiger partial charge is 0.306 e. The third kappa shape index (κ3) is 57.2. The third-order valence-corrected chi connectivity index (χ3v) is 14.5. The predicted octanol–water partition coefficient (Wildman–Crippen LogP) is 21.0. The van der Waals surface area contributed by atoms with Gasteiger partial charge >= 0.3 is 17.9 Å². The second-order valence-corrected chi connectivity index (χ2v) is 22.2. The zero-order chi connectivity index (χ0) is 50.2. The molecule has 0 N–H and O–H groups in total. The Balaban J connectivity index is 4.26. The second-order valence-electron chi connectivity index (χ2n) is 22.2. The lowest BCUT2D eigenvalue weighted by atomic mass is 10.0. The topological polar surface area (TPSA) is 78.9 Å². The van der Waals surface area contributed by atoms with E-state index in [4.69, 9.17) is 14.2 Å². The molecule has 0 radical (unpaired) electrons. The molecule has 0 aliphatic carbocycles. The summed E-state index contributed by atoms with van der Waals surface area (Å²) in [5.41, 5.74) is 0. The van der Waals surface area contributed by atoms with Crippen molar-refractivity contribution in [1.29, 1.82) is 0 Å². The molecule has 0 heterocycles. The Morgan fingerprint density at radius 3 is 0.710 bits per heavy atom. The van der Waals surface area contributed by atoms with E-state index in [0.29, 0.717) is 19.3 Å². The van der Waals surface area contributed by atoms with Crippen LogP contribution in [0, 0.1) is 5.92 Å². The molecule has 69 heavy (non-hydrogen) atoms. The molecule has 0 aromatic carbocycles. The number of rotatable bonds is 58. The lowest BCUT2D eigenvalue weighted by molar-refractivity contribution is -0.167. The maximum Gasteiger partial charge on any atom is 0.306 e. The summed E-state index contributed by atoms with van der Waals surface area (Å²) >= 11 is 0. The SMILES string of the molecule is CCCCCCCCCCCCCCCCCCCCCC(=O)OC[C@H](COC(=O)CCCCCCCCCCCCCCCCCCCC)OC(=O)CCCCCCCCCCCCCC(C)C. The van der Waals surface area contributed by atoms with Crippen LogP contribution in [0.5, 0.6) is 0 Å². The zero-order valence-corrected chi connectivity index (χ0v) is 47.3. The summed E-state index contributed by atoms with van der Waals surface area (Å²) in [6.07, 6.45) is 63.9. The molecule has 0 saturated carbocycles. The molecular formula is C63H122O6. The van der Waals surface area contributed by atoms with Crippen molar-refractivity contribution in [1.82, 2.24) is 0 Å². The first-order valence-corrected chi connectivity index (χ1v) is 31.4. The molecule has 0 aromatic rings. The normalized spacial score (nSPS) is 12.0. The van der Waals surface area contributed by atoms with Gasteiger partial charge in [-0.25, -0.2) is 0 Å². The summed E-state index contributed by atoms with van der Waals surface area (Å²) in [5, 5.41) is 0. The first kappa shape index (κ1) is 67.4. The van der Waals surface area contributed by atoms with Gasteiger partial charge in [0.2, 0.25) is 0 Å². The Hall–Kier alpha value is -1.59. The summed E-state index contributed by atoms with van der Waals surface area (Å²) < 4.78 is 16.9. The highest BCUT2D eigenvalue weighted by molar-refractivity contribution is 5.71. The average Bonchev–Trinajstić information content (AvgIpc) is 3.34. The van der Waals surface area contributed by atoms with Gasteiger partial charge in [-0.15, -0.1) is 0 Å². The van der Waals surface area contributed by atoms with E-state index in [1.54, 1.807) is 0 Å². The Labute approximate surface area is 431 Å². The molecule has 0 fully saturated rings. The van der Waals surface area contributed by atoms with Crippen molar-refractivity contribution >= 4 is 17.9 Å². The fourth-order valence-electron chi connectivity index (χ4n) is 9.81. The predicted molar refractivity (Wildman–Crippen MR) is 298 cm³/mol. The molecule has 0 aromatic heterocycles. The molecule has 0 spiro atoms. The Morgan fingerprint density at radius 1 is 0.275 bits per heavy atom. The van der Waals surface area contributed by atoms with Gasteiger partial charge in [0, 0.05) is 19.3 Å². The zero-order valence-electron chi connectivity index (χ0n) is 47.3. The van der Waals surface area contributed by atoms with Gasteiger partial charge in [0.1, 0.15) is 13.2 Å². The lowest BCUT2D eigenvalue weighted by Crippen LogP contribution is -2.30. The van der Waals surface area contributed by atoms with Gasteiger partial charge in [0.25, 0.3) is 0 Å². The third-order valence-electron chi connectivity index (χ3n) is 14.5. The average molecular weight is 976 g/mol. The van der Waals surface area contributed by atoms with Gasteiger partial charge in [-0.1, -0.05) is 323 Å². The van der Waals surface area contributed by atoms with Crippen LogP contribution in [0.1, 0.15) is 362 Å². The number of unbranched alkanes of at least 4 members (excludes halogenated alkanes) is 45. The summed E-state index contributed by atoms with van der Waals surface area (Å²) in [7, 11) is 0. The molecule has 6 heteroatoms. The van der Waals surface area contributed by atoms with Gasteiger partial charge in [0.15, 0.2) is 6.10 Å².